The van der Waals surface area contributed by atoms with E-state index in [1.54, 1.807) is 6.08 Å². The quantitative estimate of drug-likeness (QED) is 0.672. The molecule has 1 aliphatic carbocycles. The minimum atomic E-state index is -0.272. The summed E-state index contributed by atoms with van der Waals surface area (Å²) in [6, 6.07) is 4.66. The van der Waals surface area contributed by atoms with E-state index in [-0.39, 0.29) is 11.5 Å². The molecule has 1 N–H and O–H groups in total. The van der Waals surface area contributed by atoms with Crippen LogP contribution in [-0.2, 0) is 28.8 Å². The molecule has 1 aliphatic heterocycles. The van der Waals surface area contributed by atoms with Crippen LogP contribution in [0.2, 0.25) is 0 Å². The van der Waals surface area contributed by atoms with Gasteiger partial charge in [-0.1, -0.05) is 6.07 Å². The minimum absolute atomic E-state index is 0.0474. The van der Waals surface area contributed by atoms with E-state index < -0.39 is 0 Å². The Morgan fingerprint density at radius 1 is 1.23 bits per heavy atom. The average Bonchev–Trinajstić information content (AvgIpc) is 2.44. The third kappa shape index (κ3) is 3.03. The number of esters is 1. The fourth-order valence-corrected chi connectivity index (χ4v) is 3.60. The fourth-order valence-electron chi connectivity index (χ4n) is 3.60. The van der Waals surface area contributed by atoms with Gasteiger partial charge in [-0.3, -0.25) is 0 Å². The second-order valence-corrected chi connectivity index (χ2v) is 6.98. The van der Waals surface area contributed by atoms with Crippen LogP contribution in [0.3, 0.4) is 0 Å². The second kappa shape index (κ2) is 5.79. The van der Waals surface area contributed by atoms with Crippen LogP contribution in [0.25, 0.3) is 5.70 Å². The van der Waals surface area contributed by atoms with E-state index in [1.807, 2.05) is 6.92 Å². The van der Waals surface area contributed by atoms with Gasteiger partial charge in [-0.2, -0.15) is 0 Å². The molecule has 2 aliphatic rings. The lowest BCUT2D eigenvalue weighted by atomic mass is 9.81. The number of hydrogen-bond acceptors (Lipinski definition) is 3. The van der Waals surface area contributed by atoms with Gasteiger partial charge in [-0.15, -0.1) is 0 Å². The molecule has 3 rings (SSSR count). The first-order valence-corrected chi connectivity index (χ1v) is 8.30. The molecule has 118 valence electrons. The first-order valence-electron chi connectivity index (χ1n) is 8.30. The molecule has 0 atom stereocenters. The summed E-state index contributed by atoms with van der Waals surface area (Å²) in [4.78, 5) is 11.9. The van der Waals surface area contributed by atoms with Gasteiger partial charge in [-0.25, -0.2) is 4.79 Å². The Labute approximate surface area is 132 Å². The number of fused-ring (bicyclic) bond motifs is 2. The van der Waals surface area contributed by atoms with Crippen molar-refractivity contribution in [2.75, 3.05) is 6.61 Å². The predicted octanol–water partition coefficient (Wildman–Crippen LogP) is 3.39. The van der Waals surface area contributed by atoms with Crippen molar-refractivity contribution in [3.05, 3.63) is 40.5 Å². The van der Waals surface area contributed by atoms with E-state index in [1.165, 1.54) is 41.5 Å². The molecule has 22 heavy (non-hydrogen) atoms. The smallest absolute Gasteiger partial charge is 0.332 e. The first-order chi connectivity index (χ1) is 10.5. The number of aryl methyl sites for hydroxylation is 2. The Balaban J connectivity index is 2.05. The van der Waals surface area contributed by atoms with Crippen LogP contribution < -0.4 is 5.32 Å². The Hall–Kier alpha value is -1.77. The van der Waals surface area contributed by atoms with Crippen LogP contribution >= 0.6 is 0 Å². The van der Waals surface area contributed by atoms with Crippen molar-refractivity contribution in [3.63, 3.8) is 0 Å². The maximum atomic E-state index is 11.9. The van der Waals surface area contributed by atoms with Crippen molar-refractivity contribution in [1.82, 2.24) is 5.32 Å². The molecular weight excluding hydrogens is 274 g/mol. The van der Waals surface area contributed by atoms with Crippen LogP contribution in [0.15, 0.2) is 18.2 Å². The zero-order valence-electron chi connectivity index (χ0n) is 13.8. The van der Waals surface area contributed by atoms with Crippen molar-refractivity contribution in [2.45, 2.75) is 58.4 Å². The molecular formula is C19H25NO2. The number of benzene rings is 1. The molecule has 0 spiro atoms. The van der Waals surface area contributed by atoms with Gasteiger partial charge in [0.05, 0.1) is 6.61 Å². The highest BCUT2D eigenvalue weighted by molar-refractivity contribution is 5.92. The number of rotatable bonds is 2. The standard InChI is InChI=1S/C19H25NO2/c1-4-22-18(21)11-17-16-10-14-8-6-5-7-13(14)9-15(16)12-19(2,3)20-17/h9-11,20H,4-8,12H2,1-3H3/b17-11-. The third-order valence-corrected chi connectivity index (χ3v) is 4.51. The van der Waals surface area contributed by atoms with Gasteiger partial charge < -0.3 is 10.1 Å². The molecule has 1 aromatic carbocycles. The van der Waals surface area contributed by atoms with E-state index in [2.05, 4.69) is 31.3 Å². The molecule has 1 aromatic rings. The summed E-state index contributed by atoms with van der Waals surface area (Å²) in [5.41, 5.74) is 6.32. The van der Waals surface area contributed by atoms with Crippen LogP contribution in [0.4, 0.5) is 0 Å². The van der Waals surface area contributed by atoms with Gasteiger partial charge in [0.15, 0.2) is 0 Å². The van der Waals surface area contributed by atoms with E-state index in [4.69, 9.17) is 4.74 Å². The Morgan fingerprint density at radius 2 is 1.91 bits per heavy atom. The van der Waals surface area contributed by atoms with Crippen LogP contribution in [-0.4, -0.2) is 18.1 Å². The Bertz CT molecular complexity index is 629. The summed E-state index contributed by atoms with van der Waals surface area (Å²) in [5.74, 6) is -0.272. The van der Waals surface area contributed by atoms with E-state index in [0.717, 1.165) is 18.5 Å². The highest BCUT2D eigenvalue weighted by atomic mass is 16.5. The maximum absolute atomic E-state index is 11.9. The minimum Gasteiger partial charge on any atom is -0.463 e. The highest BCUT2D eigenvalue weighted by Crippen LogP contribution is 2.34. The summed E-state index contributed by atoms with van der Waals surface area (Å²) >= 11 is 0. The van der Waals surface area contributed by atoms with Gasteiger partial charge >= 0.3 is 5.97 Å². The molecule has 0 radical (unpaired) electrons. The van der Waals surface area contributed by atoms with Crippen molar-refractivity contribution >= 4 is 11.7 Å². The number of nitrogens with one attached hydrogen (secondary N) is 1. The van der Waals surface area contributed by atoms with Crippen LogP contribution in [0.1, 0.15) is 55.9 Å². The van der Waals surface area contributed by atoms with Crippen molar-refractivity contribution < 1.29 is 9.53 Å². The number of carbonyl (C=O) groups excluding carboxylic acids is 1. The van der Waals surface area contributed by atoms with Gasteiger partial charge in [0, 0.05) is 22.9 Å². The Kier molecular flexibility index (Phi) is 3.98. The molecule has 1 heterocycles. The lowest BCUT2D eigenvalue weighted by Crippen LogP contribution is -2.44. The maximum Gasteiger partial charge on any atom is 0.332 e. The Morgan fingerprint density at radius 3 is 2.59 bits per heavy atom. The number of carbonyl (C=O) groups is 1. The SMILES string of the molecule is CCOC(=O)/C=C1\NC(C)(C)Cc2cc3c(cc21)CCCC3. The van der Waals surface area contributed by atoms with Gasteiger partial charge in [-0.05, 0) is 75.6 Å². The van der Waals surface area contributed by atoms with E-state index in [0.29, 0.717) is 6.61 Å². The highest BCUT2D eigenvalue weighted by Gasteiger charge is 2.29. The lowest BCUT2D eigenvalue weighted by molar-refractivity contribution is -0.137. The van der Waals surface area contributed by atoms with Crippen LogP contribution in [0, 0.1) is 0 Å². The van der Waals surface area contributed by atoms with Gasteiger partial charge in [0.2, 0.25) is 0 Å². The molecule has 0 bridgehead atoms. The summed E-state index contributed by atoms with van der Waals surface area (Å²) in [7, 11) is 0. The van der Waals surface area contributed by atoms with Gasteiger partial charge in [0.1, 0.15) is 0 Å². The summed E-state index contributed by atoms with van der Waals surface area (Å²) in [5, 5.41) is 3.51. The predicted molar refractivity (Wildman–Crippen MR) is 88.6 cm³/mol. The first kappa shape index (κ1) is 15.1. The number of ether oxygens (including phenoxy) is 1. The molecule has 3 heteroatoms. The van der Waals surface area contributed by atoms with Crippen LogP contribution in [0.5, 0.6) is 0 Å². The molecule has 0 unspecified atom stereocenters. The topological polar surface area (TPSA) is 38.3 Å². The fraction of sp³-hybridized carbons (Fsp3) is 0.526. The summed E-state index contributed by atoms with van der Waals surface area (Å²) in [6.45, 7) is 6.59. The van der Waals surface area contributed by atoms with Crippen molar-refractivity contribution in [1.29, 1.82) is 0 Å². The molecule has 0 fully saturated rings. The molecule has 0 saturated carbocycles. The lowest BCUT2D eigenvalue weighted by Gasteiger charge is -2.36. The van der Waals surface area contributed by atoms with E-state index >= 15 is 0 Å². The number of hydrogen-bond donors (Lipinski definition) is 1. The van der Waals surface area contributed by atoms with Gasteiger partial charge in [0.25, 0.3) is 0 Å². The molecule has 0 aromatic heterocycles. The monoisotopic (exact) mass is 299 g/mol. The summed E-state index contributed by atoms with van der Waals surface area (Å²) < 4.78 is 5.09. The molecule has 3 nitrogen and oxygen atoms in total. The van der Waals surface area contributed by atoms with Crippen molar-refractivity contribution in [3.8, 4) is 0 Å². The average molecular weight is 299 g/mol. The van der Waals surface area contributed by atoms with E-state index in [9.17, 15) is 4.79 Å². The largest absolute Gasteiger partial charge is 0.463 e. The van der Waals surface area contributed by atoms with Crippen molar-refractivity contribution in [2.24, 2.45) is 0 Å². The third-order valence-electron chi connectivity index (χ3n) is 4.51. The molecule has 0 amide bonds. The zero-order valence-corrected chi connectivity index (χ0v) is 13.8. The second-order valence-electron chi connectivity index (χ2n) is 6.98. The summed E-state index contributed by atoms with van der Waals surface area (Å²) in [6.07, 6.45) is 7.49. The molecule has 0 saturated heterocycles. The normalized spacial score (nSPS) is 20.8. The zero-order chi connectivity index (χ0) is 15.7.